The van der Waals surface area contributed by atoms with Crippen molar-refractivity contribution in [2.45, 2.75) is 12.7 Å². The molecule has 0 saturated heterocycles. The van der Waals surface area contributed by atoms with Crippen molar-refractivity contribution in [1.29, 1.82) is 0 Å². The second kappa shape index (κ2) is 7.18. The SMILES string of the molecule is O=C(Nc1ccn(Cc2ccccc2C(F)(F)F)n1)c1c(F)cccc1F. The van der Waals surface area contributed by atoms with Gasteiger partial charge in [0.25, 0.3) is 5.91 Å². The number of hydrogen-bond acceptors (Lipinski definition) is 2. The van der Waals surface area contributed by atoms with Crippen LogP contribution < -0.4 is 5.32 Å². The zero-order chi connectivity index (χ0) is 19.6. The van der Waals surface area contributed by atoms with Crippen LogP contribution in [0.15, 0.2) is 54.7 Å². The summed E-state index contributed by atoms with van der Waals surface area (Å²) < 4.78 is 67.5. The van der Waals surface area contributed by atoms with Gasteiger partial charge in [-0.3, -0.25) is 9.48 Å². The third-order valence-electron chi connectivity index (χ3n) is 3.73. The van der Waals surface area contributed by atoms with Gasteiger partial charge in [-0.25, -0.2) is 8.78 Å². The lowest BCUT2D eigenvalue weighted by molar-refractivity contribution is -0.138. The number of rotatable bonds is 4. The van der Waals surface area contributed by atoms with Crippen molar-refractivity contribution in [3.63, 3.8) is 0 Å². The van der Waals surface area contributed by atoms with Crippen molar-refractivity contribution in [2.75, 3.05) is 5.32 Å². The summed E-state index contributed by atoms with van der Waals surface area (Å²) in [4.78, 5) is 12.0. The molecular weight excluding hydrogens is 369 g/mol. The van der Waals surface area contributed by atoms with Gasteiger partial charge >= 0.3 is 6.18 Å². The number of aromatic nitrogens is 2. The van der Waals surface area contributed by atoms with Crippen LogP contribution in [0.2, 0.25) is 0 Å². The first-order valence-electron chi connectivity index (χ1n) is 7.69. The minimum absolute atomic E-state index is 0.00822. The maximum Gasteiger partial charge on any atom is 0.416 e. The van der Waals surface area contributed by atoms with E-state index in [2.05, 4.69) is 10.4 Å². The van der Waals surface area contributed by atoms with Crippen molar-refractivity contribution in [1.82, 2.24) is 9.78 Å². The van der Waals surface area contributed by atoms with E-state index in [0.29, 0.717) is 0 Å². The van der Waals surface area contributed by atoms with E-state index in [1.165, 1.54) is 35.1 Å². The third-order valence-corrected chi connectivity index (χ3v) is 3.73. The molecule has 3 aromatic rings. The number of alkyl halides is 3. The summed E-state index contributed by atoms with van der Waals surface area (Å²) in [6, 6.07) is 9.33. The number of carbonyl (C=O) groups is 1. The molecule has 1 N–H and O–H groups in total. The van der Waals surface area contributed by atoms with Gasteiger partial charge in [0.2, 0.25) is 0 Å². The number of amides is 1. The Labute approximate surface area is 150 Å². The molecule has 1 heterocycles. The molecule has 0 spiro atoms. The second-order valence-electron chi connectivity index (χ2n) is 5.60. The van der Waals surface area contributed by atoms with E-state index in [0.717, 1.165) is 24.3 Å². The van der Waals surface area contributed by atoms with E-state index < -0.39 is 34.8 Å². The zero-order valence-electron chi connectivity index (χ0n) is 13.6. The van der Waals surface area contributed by atoms with E-state index in [1.54, 1.807) is 0 Å². The van der Waals surface area contributed by atoms with Crippen molar-refractivity contribution in [3.8, 4) is 0 Å². The molecule has 0 aliphatic heterocycles. The Hall–Kier alpha value is -3.23. The van der Waals surface area contributed by atoms with Crippen LogP contribution in [0.5, 0.6) is 0 Å². The first-order chi connectivity index (χ1) is 12.8. The summed E-state index contributed by atoms with van der Waals surface area (Å²) in [5.41, 5.74) is -1.57. The normalized spacial score (nSPS) is 11.4. The molecule has 0 bridgehead atoms. The van der Waals surface area contributed by atoms with Crippen molar-refractivity contribution in [3.05, 3.63) is 83.1 Å². The van der Waals surface area contributed by atoms with E-state index in [-0.39, 0.29) is 17.9 Å². The molecule has 0 aliphatic rings. The lowest BCUT2D eigenvalue weighted by atomic mass is 10.1. The summed E-state index contributed by atoms with van der Waals surface area (Å²) in [6.45, 7) is -0.195. The zero-order valence-corrected chi connectivity index (χ0v) is 13.6. The third kappa shape index (κ3) is 4.13. The summed E-state index contributed by atoms with van der Waals surface area (Å²) in [6.07, 6.45) is -3.16. The molecule has 4 nitrogen and oxygen atoms in total. The molecule has 0 fully saturated rings. The number of halogens is 5. The van der Waals surface area contributed by atoms with E-state index in [1.807, 2.05) is 0 Å². The predicted molar refractivity (Wildman–Crippen MR) is 87.1 cm³/mol. The summed E-state index contributed by atoms with van der Waals surface area (Å²) in [5, 5.41) is 6.14. The van der Waals surface area contributed by atoms with E-state index in [4.69, 9.17) is 0 Å². The first-order valence-corrected chi connectivity index (χ1v) is 7.69. The highest BCUT2D eigenvalue weighted by Crippen LogP contribution is 2.32. The highest BCUT2D eigenvalue weighted by molar-refractivity contribution is 6.04. The van der Waals surface area contributed by atoms with E-state index >= 15 is 0 Å². The molecule has 0 atom stereocenters. The number of nitrogens with zero attached hydrogens (tertiary/aromatic N) is 2. The van der Waals surface area contributed by atoms with Crippen molar-refractivity contribution >= 4 is 11.7 Å². The monoisotopic (exact) mass is 381 g/mol. The molecule has 0 unspecified atom stereocenters. The minimum Gasteiger partial charge on any atom is -0.305 e. The molecule has 2 aromatic carbocycles. The van der Waals surface area contributed by atoms with Crippen LogP contribution in [0.1, 0.15) is 21.5 Å². The standard InChI is InChI=1S/C18H12F5N3O/c19-13-6-3-7-14(20)16(13)17(27)24-15-8-9-26(25-15)10-11-4-1-2-5-12(11)18(21,22)23/h1-9H,10H2,(H,24,25,27). The van der Waals surface area contributed by atoms with Crippen LogP contribution >= 0.6 is 0 Å². The molecule has 9 heteroatoms. The van der Waals surface area contributed by atoms with E-state index in [9.17, 15) is 26.7 Å². The average Bonchev–Trinajstić information content (AvgIpc) is 3.01. The van der Waals surface area contributed by atoms with Gasteiger partial charge in [-0.2, -0.15) is 18.3 Å². The smallest absolute Gasteiger partial charge is 0.305 e. The minimum atomic E-state index is -4.51. The lowest BCUT2D eigenvalue weighted by Gasteiger charge is -2.12. The summed E-state index contributed by atoms with van der Waals surface area (Å²) in [5.74, 6) is -3.17. The molecule has 0 radical (unpaired) electrons. The summed E-state index contributed by atoms with van der Waals surface area (Å²) >= 11 is 0. The molecule has 140 valence electrons. The Morgan fingerprint density at radius 1 is 1.00 bits per heavy atom. The van der Waals surface area contributed by atoms with Crippen molar-refractivity contribution < 1.29 is 26.7 Å². The van der Waals surface area contributed by atoms with Crippen molar-refractivity contribution in [2.24, 2.45) is 0 Å². The van der Waals surface area contributed by atoms with Crippen LogP contribution in [-0.2, 0) is 12.7 Å². The molecular formula is C18H12F5N3O. The van der Waals surface area contributed by atoms with Crippen LogP contribution in [0, 0.1) is 11.6 Å². The van der Waals surface area contributed by atoms with Gasteiger partial charge in [0.1, 0.15) is 17.2 Å². The molecule has 27 heavy (non-hydrogen) atoms. The molecule has 3 rings (SSSR count). The Morgan fingerprint density at radius 2 is 1.67 bits per heavy atom. The molecule has 1 aromatic heterocycles. The van der Waals surface area contributed by atoms with Gasteiger partial charge in [0, 0.05) is 12.3 Å². The fraction of sp³-hybridized carbons (Fsp3) is 0.111. The fourth-order valence-electron chi connectivity index (χ4n) is 2.52. The fourth-order valence-corrected chi connectivity index (χ4v) is 2.52. The van der Waals surface area contributed by atoms with Gasteiger partial charge in [0.15, 0.2) is 5.82 Å². The Bertz CT molecular complexity index is 961. The Morgan fingerprint density at radius 3 is 2.33 bits per heavy atom. The van der Waals surface area contributed by atoms with Gasteiger partial charge in [-0.05, 0) is 23.8 Å². The van der Waals surface area contributed by atoms with Gasteiger partial charge in [-0.1, -0.05) is 24.3 Å². The number of carbonyl (C=O) groups excluding carboxylic acids is 1. The number of benzene rings is 2. The quantitative estimate of drug-likeness (QED) is 0.678. The Balaban J connectivity index is 1.78. The summed E-state index contributed by atoms with van der Waals surface area (Å²) in [7, 11) is 0. The maximum absolute atomic E-state index is 13.6. The largest absolute Gasteiger partial charge is 0.416 e. The number of hydrogen-bond donors (Lipinski definition) is 1. The van der Waals surface area contributed by atoms with Gasteiger partial charge in [-0.15, -0.1) is 0 Å². The van der Waals surface area contributed by atoms with Crippen LogP contribution in [0.4, 0.5) is 27.8 Å². The number of anilines is 1. The van der Waals surface area contributed by atoms with Gasteiger partial charge < -0.3 is 5.32 Å². The Kier molecular flexibility index (Phi) is 4.93. The first kappa shape index (κ1) is 18.6. The topological polar surface area (TPSA) is 46.9 Å². The highest BCUT2D eigenvalue weighted by atomic mass is 19.4. The number of nitrogens with one attached hydrogen (secondary N) is 1. The van der Waals surface area contributed by atoms with Crippen LogP contribution in [0.25, 0.3) is 0 Å². The highest BCUT2D eigenvalue weighted by Gasteiger charge is 2.32. The van der Waals surface area contributed by atoms with Crippen LogP contribution in [0.3, 0.4) is 0 Å². The lowest BCUT2D eigenvalue weighted by Crippen LogP contribution is -2.16. The molecule has 1 amide bonds. The molecule has 0 saturated carbocycles. The predicted octanol–water partition coefficient (Wildman–Crippen LogP) is 4.48. The van der Waals surface area contributed by atoms with Crippen LogP contribution in [-0.4, -0.2) is 15.7 Å². The van der Waals surface area contributed by atoms with Gasteiger partial charge in [0.05, 0.1) is 12.1 Å². The average molecular weight is 381 g/mol. The second-order valence-corrected chi connectivity index (χ2v) is 5.60. The molecule has 0 aliphatic carbocycles. The maximum atomic E-state index is 13.6.